The fraction of sp³-hybridized carbons (Fsp3) is 0.386. The zero-order chi connectivity index (χ0) is 45.1. The van der Waals surface area contributed by atoms with Gasteiger partial charge in [-0.15, -0.1) is 0 Å². The molecule has 2 aromatic carbocycles. The van der Waals surface area contributed by atoms with Gasteiger partial charge in [-0.25, -0.2) is 28.1 Å². The van der Waals surface area contributed by atoms with Crippen LogP contribution in [-0.4, -0.2) is 142 Å². The summed E-state index contributed by atoms with van der Waals surface area (Å²) in [4.78, 5) is 76.0. The van der Waals surface area contributed by atoms with Gasteiger partial charge in [-0.05, 0) is 54.8 Å². The number of carbonyl (C=O) groups excluding carboxylic acids is 4. The van der Waals surface area contributed by atoms with E-state index >= 15 is 8.78 Å². The number of carbonyl (C=O) groups is 4. The molecule has 0 aliphatic carbocycles. The second kappa shape index (κ2) is 16.9. The molecule has 17 nitrogen and oxygen atoms in total. The van der Waals surface area contributed by atoms with Gasteiger partial charge in [0.15, 0.2) is 5.82 Å². The number of benzene rings is 2. The minimum atomic E-state index is -4.37. The highest BCUT2D eigenvalue weighted by molar-refractivity contribution is 7.90. The summed E-state index contributed by atoms with van der Waals surface area (Å²) in [5.74, 6) is -3.37. The molecule has 2 atom stereocenters. The standard InChI is InChI=1S/C44H44F3N11O6S/c45-29-7-8-57(23-29)65(63,64)53-35-4-3-34(46)39(40(35)47)41(60)33-18-51-42-32(33)14-26(15-50-42)28-16-48-37(49-17-28)24-55-11-9-54(10-12-55)19-25-20-56(21-25)30-1-2-31-27(13-30)22-58(44(31)62)36-5-6-38(59)52-43(36)61/h1-4,13-18,25,29,36,53H,5-12,19-24H2,(H,50,51)(H,52,59,61)/t29-,36?/m1/s1. The molecule has 4 saturated heterocycles. The zero-order valence-corrected chi connectivity index (χ0v) is 35.8. The number of ketones is 1. The summed E-state index contributed by atoms with van der Waals surface area (Å²) in [6, 6.07) is 8.54. The molecule has 65 heavy (non-hydrogen) atoms. The van der Waals surface area contributed by atoms with Gasteiger partial charge in [-0.3, -0.25) is 34.1 Å². The second-order valence-corrected chi connectivity index (χ2v) is 18.9. The van der Waals surface area contributed by atoms with Crippen LogP contribution in [0.2, 0.25) is 0 Å². The molecule has 0 spiro atoms. The molecular weight excluding hydrogens is 868 g/mol. The third kappa shape index (κ3) is 8.32. The maximum Gasteiger partial charge on any atom is 0.301 e. The Balaban J connectivity index is 0.718. The van der Waals surface area contributed by atoms with Gasteiger partial charge in [0.2, 0.25) is 17.6 Å². The van der Waals surface area contributed by atoms with Crippen LogP contribution < -0.4 is 14.9 Å². The first kappa shape index (κ1) is 42.6. The van der Waals surface area contributed by atoms with Crippen molar-refractivity contribution in [3.05, 3.63) is 101 Å². The van der Waals surface area contributed by atoms with E-state index in [4.69, 9.17) is 0 Å². The van der Waals surface area contributed by atoms with E-state index in [0.29, 0.717) is 47.9 Å². The maximum atomic E-state index is 15.7. The molecule has 5 aromatic rings. The molecule has 5 aliphatic heterocycles. The smallest absolute Gasteiger partial charge is 0.301 e. The Morgan fingerprint density at radius 1 is 0.877 bits per heavy atom. The lowest BCUT2D eigenvalue weighted by Gasteiger charge is -2.44. The molecular formula is C44H44F3N11O6S. The lowest BCUT2D eigenvalue weighted by atomic mass is 9.97. The van der Waals surface area contributed by atoms with Crippen LogP contribution in [0.5, 0.6) is 0 Å². The van der Waals surface area contributed by atoms with Crippen molar-refractivity contribution in [2.45, 2.75) is 44.6 Å². The van der Waals surface area contributed by atoms with Crippen LogP contribution in [0.25, 0.3) is 22.2 Å². The van der Waals surface area contributed by atoms with E-state index in [9.17, 15) is 32.0 Å². The summed E-state index contributed by atoms with van der Waals surface area (Å²) in [7, 11) is -4.37. The van der Waals surface area contributed by atoms with Crippen LogP contribution in [0.3, 0.4) is 0 Å². The number of pyridine rings is 1. The zero-order valence-electron chi connectivity index (χ0n) is 35.0. The summed E-state index contributed by atoms with van der Waals surface area (Å²) < 4.78 is 72.9. The first-order valence-electron chi connectivity index (χ1n) is 21.5. The third-order valence-corrected chi connectivity index (χ3v) is 14.5. The number of nitrogens with one attached hydrogen (secondary N) is 3. The third-order valence-electron chi connectivity index (χ3n) is 13.0. The van der Waals surface area contributed by atoms with Gasteiger partial charge in [0, 0.05) is 136 Å². The van der Waals surface area contributed by atoms with Gasteiger partial charge >= 0.3 is 10.2 Å². The van der Waals surface area contributed by atoms with Crippen molar-refractivity contribution < 1.29 is 40.8 Å². The van der Waals surface area contributed by atoms with E-state index in [-0.39, 0.29) is 47.8 Å². The highest BCUT2D eigenvalue weighted by atomic mass is 32.2. The first-order chi connectivity index (χ1) is 31.3. The summed E-state index contributed by atoms with van der Waals surface area (Å²) in [6.45, 7) is 6.73. The average Bonchev–Trinajstić information content (AvgIpc) is 4.00. The lowest BCUT2D eigenvalue weighted by Crippen LogP contribution is -2.54. The molecule has 3 N–H and O–H groups in total. The molecule has 3 amide bonds. The molecule has 0 saturated carbocycles. The number of aromatic amines is 1. The number of rotatable bonds is 12. The Morgan fingerprint density at radius 3 is 2.37 bits per heavy atom. The quantitative estimate of drug-likeness (QED) is 0.122. The van der Waals surface area contributed by atoms with Crippen LogP contribution in [0, 0.1) is 17.6 Å². The number of piperidine rings is 1. The fourth-order valence-corrected chi connectivity index (χ4v) is 10.6. The number of imide groups is 1. The number of halogens is 3. The van der Waals surface area contributed by atoms with Gasteiger partial charge in [0.1, 0.15) is 29.5 Å². The molecule has 3 aromatic heterocycles. The monoisotopic (exact) mass is 911 g/mol. The molecule has 338 valence electrons. The molecule has 0 radical (unpaired) electrons. The van der Waals surface area contributed by atoms with Crippen LogP contribution in [0.15, 0.2) is 61.2 Å². The van der Waals surface area contributed by atoms with Crippen molar-refractivity contribution in [3.8, 4) is 11.1 Å². The van der Waals surface area contributed by atoms with E-state index in [2.05, 4.69) is 40.0 Å². The van der Waals surface area contributed by atoms with Crippen molar-refractivity contribution >= 4 is 56.1 Å². The maximum absolute atomic E-state index is 15.7. The van der Waals surface area contributed by atoms with E-state index < -0.39 is 63.5 Å². The number of anilines is 2. The predicted octanol–water partition coefficient (Wildman–Crippen LogP) is 3.24. The van der Waals surface area contributed by atoms with Gasteiger partial charge in [0.25, 0.3) is 5.91 Å². The van der Waals surface area contributed by atoms with Gasteiger partial charge in [0.05, 0.1) is 17.8 Å². The molecule has 10 rings (SSSR count). The molecule has 8 heterocycles. The number of fused-ring (bicyclic) bond motifs is 2. The Hall–Kier alpha value is -6.29. The largest absolute Gasteiger partial charge is 0.371 e. The number of piperazine rings is 1. The van der Waals surface area contributed by atoms with Crippen molar-refractivity contribution in [2.24, 2.45) is 5.92 Å². The minimum Gasteiger partial charge on any atom is -0.371 e. The Morgan fingerprint density at radius 2 is 1.63 bits per heavy atom. The number of alkyl halides is 1. The Labute approximate surface area is 371 Å². The molecule has 5 aliphatic rings. The number of hydrogen-bond donors (Lipinski definition) is 3. The van der Waals surface area contributed by atoms with Crippen LogP contribution in [0.1, 0.15) is 56.9 Å². The number of H-pyrrole nitrogens is 1. The average molecular weight is 912 g/mol. The van der Waals surface area contributed by atoms with Gasteiger partial charge in [-0.1, -0.05) is 0 Å². The van der Waals surface area contributed by atoms with Crippen LogP contribution in [-0.2, 0) is 32.9 Å². The second-order valence-electron chi connectivity index (χ2n) is 17.3. The summed E-state index contributed by atoms with van der Waals surface area (Å²) >= 11 is 0. The van der Waals surface area contributed by atoms with Crippen molar-refractivity contribution in [1.29, 1.82) is 0 Å². The Bertz CT molecular complexity index is 2850. The Kier molecular flexibility index (Phi) is 11.1. The van der Waals surface area contributed by atoms with Crippen molar-refractivity contribution in [1.82, 2.24) is 44.3 Å². The normalized spacial score (nSPS) is 21.2. The van der Waals surface area contributed by atoms with E-state index in [0.717, 1.165) is 73.5 Å². The molecule has 1 unspecified atom stereocenters. The number of aromatic nitrogens is 4. The van der Waals surface area contributed by atoms with E-state index in [1.165, 1.54) is 6.20 Å². The highest BCUT2D eigenvalue weighted by Gasteiger charge is 2.40. The van der Waals surface area contributed by atoms with E-state index in [1.807, 2.05) is 22.9 Å². The lowest BCUT2D eigenvalue weighted by molar-refractivity contribution is -0.136. The summed E-state index contributed by atoms with van der Waals surface area (Å²) in [5.41, 5.74) is 2.33. The first-order valence-corrected chi connectivity index (χ1v) is 22.9. The molecule has 0 bridgehead atoms. The molecule has 21 heteroatoms. The fourth-order valence-electron chi connectivity index (χ4n) is 9.37. The minimum absolute atomic E-state index is 0.00414. The number of nitrogens with zero attached hydrogens (tertiary/aromatic N) is 8. The number of amides is 3. The topological polar surface area (TPSA) is 197 Å². The van der Waals surface area contributed by atoms with Crippen molar-refractivity contribution in [2.75, 3.05) is 68.5 Å². The van der Waals surface area contributed by atoms with E-state index in [1.54, 1.807) is 29.6 Å². The van der Waals surface area contributed by atoms with Crippen LogP contribution >= 0.6 is 0 Å². The predicted molar refractivity (Wildman–Crippen MR) is 230 cm³/mol. The molecule has 4 fully saturated rings. The van der Waals surface area contributed by atoms with Gasteiger partial charge < -0.3 is 19.7 Å². The van der Waals surface area contributed by atoms with Crippen LogP contribution in [0.4, 0.5) is 24.5 Å². The number of hydrogen-bond acceptors (Lipinski definition) is 12. The summed E-state index contributed by atoms with van der Waals surface area (Å²) in [6.07, 6.45) is 5.36. The van der Waals surface area contributed by atoms with Crippen molar-refractivity contribution in [3.63, 3.8) is 0 Å². The van der Waals surface area contributed by atoms with Gasteiger partial charge in [-0.2, -0.15) is 12.7 Å². The highest BCUT2D eigenvalue weighted by Crippen LogP contribution is 2.34. The SMILES string of the molecule is O=C1CCC(N2Cc3cc(N4CC(CN5CCN(Cc6ncc(-c7cnc8[nH]cc(C(=O)c9c(F)ccc(NS(=O)(=O)N%10CC[C@@H](F)C%10)c9F)c8c7)cn6)CC5)C4)ccc3C2=O)C(=O)N1. The summed E-state index contributed by atoms with van der Waals surface area (Å²) in [5, 5.41) is 2.63.